The summed E-state index contributed by atoms with van der Waals surface area (Å²) in [7, 11) is 0. The smallest absolute Gasteiger partial charge is 0.0936 e. The van der Waals surface area contributed by atoms with Crippen molar-refractivity contribution in [3.05, 3.63) is 0 Å². The molecule has 0 saturated carbocycles. The second kappa shape index (κ2) is 5.58. The highest BCUT2D eigenvalue weighted by Crippen LogP contribution is 2.11. The van der Waals surface area contributed by atoms with Gasteiger partial charge in [0, 0.05) is 13.1 Å². The van der Waals surface area contributed by atoms with Gasteiger partial charge < -0.3 is 9.84 Å². The maximum Gasteiger partial charge on any atom is 0.0936 e. The predicted octanol–water partition coefficient (Wildman–Crippen LogP) is 0.868. The average molecular weight is 187 g/mol. The molecule has 1 aliphatic rings. The first kappa shape index (κ1) is 11.0. The molecule has 0 aromatic heterocycles. The first-order valence-electron chi connectivity index (χ1n) is 5.25. The van der Waals surface area contributed by atoms with Crippen molar-refractivity contribution in [2.45, 2.75) is 38.9 Å². The molecule has 1 aliphatic heterocycles. The molecule has 2 unspecified atom stereocenters. The summed E-state index contributed by atoms with van der Waals surface area (Å²) in [5.74, 6) is 0. The molecule has 0 aromatic rings. The normalized spacial score (nSPS) is 30.7. The monoisotopic (exact) mass is 187 g/mol. The molecule has 1 rings (SSSR count). The average Bonchev–Trinajstić information content (AvgIpc) is 2.14. The van der Waals surface area contributed by atoms with Crippen molar-refractivity contribution in [3.8, 4) is 0 Å². The largest absolute Gasteiger partial charge is 0.394 e. The van der Waals surface area contributed by atoms with Crippen molar-refractivity contribution in [1.82, 2.24) is 4.90 Å². The van der Waals surface area contributed by atoms with Crippen molar-refractivity contribution in [3.63, 3.8) is 0 Å². The van der Waals surface area contributed by atoms with Crippen LogP contribution in [0.15, 0.2) is 0 Å². The summed E-state index contributed by atoms with van der Waals surface area (Å²) in [4.78, 5) is 2.39. The maximum absolute atomic E-state index is 9.00. The molecule has 1 fully saturated rings. The summed E-state index contributed by atoms with van der Waals surface area (Å²) in [5, 5.41) is 9.00. The Balaban J connectivity index is 2.29. The molecule has 13 heavy (non-hydrogen) atoms. The van der Waals surface area contributed by atoms with Gasteiger partial charge in [-0.3, -0.25) is 4.90 Å². The minimum absolute atomic E-state index is 0.0283. The number of ether oxygens (including phenoxy) is 1. The molecule has 0 bridgehead atoms. The van der Waals surface area contributed by atoms with E-state index in [0.717, 1.165) is 19.6 Å². The Morgan fingerprint density at radius 3 is 2.85 bits per heavy atom. The van der Waals surface area contributed by atoms with Crippen LogP contribution in [0.2, 0.25) is 0 Å². The molecule has 0 spiro atoms. The Morgan fingerprint density at radius 2 is 2.23 bits per heavy atom. The lowest BCUT2D eigenvalue weighted by Crippen LogP contribution is -2.48. The highest BCUT2D eigenvalue weighted by atomic mass is 16.5. The third-order valence-electron chi connectivity index (χ3n) is 2.43. The van der Waals surface area contributed by atoms with Gasteiger partial charge in [-0.2, -0.15) is 0 Å². The molecule has 0 aliphatic carbocycles. The van der Waals surface area contributed by atoms with E-state index in [1.807, 2.05) is 0 Å². The van der Waals surface area contributed by atoms with Crippen molar-refractivity contribution < 1.29 is 9.84 Å². The Bertz CT molecular complexity index is 141. The van der Waals surface area contributed by atoms with Crippen LogP contribution in [0, 0.1) is 0 Å². The number of rotatable bonds is 4. The van der Waals surface area contributed by atoms with Crippen LogP contribution in [-0.2, 0) is 4.74 Å². The van der Waals surface area contributed by atoms with Crippen LogP contribution in [0.25, 0.3) is 0 Å². The van der Waals surface area contributed by atoms with E-state index in [1.165, 1.54) is 12.8 Å². The van der Waals surface area contributed by atoms with Crippen molar-refractivity contribution in [1.29, 1.82) is 0 Å². The molecular formula is C10H21NO2. The standard InChI is InChI=1S/C10H21NO2/c1-3-4-5-11-6-9(2)13-10(7-11)8-12/h9-10,12H,3-8H2,1-2H3. The van der Waals surface area contributed by atoms with Gasteiger partial charge in [0.05, 0.1) is 18.8 Å². The van der Waals surface area contributed by atoms with E-state index in [9.17, 15) is 0 Å². The maximum atomic E-state index is 9.00. The summed E-state index contributed by atoms with van der Waals surface area (Å²) in [6.07, 6.45) is 2.77. The van der Waals surface area contributed by atoms with Gasteiger partial charge >= 0.3 is 0 Å². The minimum Gasteiger partial charge on any atom is -0.394 e. The van der Waals surface area contributed by atoms with Gasteiger partial charge in [0.15, 0.2) is 0 Å². The second-order valence-corrected chi connectivity index (χ2v) is 3.86. The fourth-order valence-corrected chi connectivity index (χ4v) is 1.81. The lowest BCUT2D eigenvalue weighted by atomic mass is 10.2. The first-order valence-corrected chi connectivity index (χ1v) is 5.25. The van der Waals surface area contributed by atoms with Gasteiger partial charge in [-0.15, -0.1) is 0 Å². The molecule has 0 radical (unpaired) electrons. The van der Waals surface area contributed by atoms with Gasteiger partial charge in [-0.25, -0.2) is 0 Å². The van der Waals surface area contributed by atoms with E-state index in [1.54, 1.807) is 0 Å². The number of unbranched alkanes of at least 4 members (excludes halogenated alkanes) is 1. The first-order chi connectivity index (χ1) is 6.26. The van der Waals surface area contributed by atoms with E-state index >= 15 is 0 Å². The minimum atomic E-state index is 0.0283. The third-order valence-corrected chi connectivity index (χ3v) is 2.43. The Kier molecular flexibility index (Phi) is 4.70. The van der Waals surface area contributed by atoms with Gasteiger partial charge in [0.1, 0.15) is 0 Å². The summed E-state index contributed by atoms with van der Waals surface area (Å²) < 4.78 is 5.55. The van der Waals surface area contributed by atoms with Gasteiger partial charge in [0.25, 0.3) is 0 Å². The van der Waals surface area contributed by atoms with Crippen molar-refractivity contribution in [2.75, 3.05) is 26.2 Å². The Hall–Kier alpha value is -0.120. The molecule has 2 atom stereocenters. The van der Waals surface area contributed by atoms with Crippen LogP contribution in [0.1, 0.15) is 26.7 Å². The Morgan fingerprint density at radius 1 is 1.46 bits per heavy atom. The number of aliphatic hydroxyl groups is 1. The zero-order valence-electron chi connectivity index (χ0n) is 8.70. The van der Waals surface area contributed by atoms with Crippen molar-refractivity contribution in [2.24, 2.45) is 0 Å². The highest BCUT2D eigenvalue weighted by molar-refractivity contribution is 4.74. The van der Waals surface area contributed by atoms with E-state index in [4.69, 9.17) is 9.84 Å². The molecular weight excluding hydrogens is 166 g/mol. The summed E-state index contributed by atoms with van der Waals surface area (Å²) in [5.41, 5.74) is 0. The van der Waals surface area contributed by atoms with Crippen molar-refractivity contribution >= 4 is 0 Å². The van der Waals surface area contributed by atoms with Crippen LogP contribution in [0.3, 0.4) is 0 Å². The van der Waals surface area contributed by atoms with E-state index in [0.29, 0.717) is 0 Å². The lowest BCUT2D eigenvalue weighted by molar-refractivity contribution is -0.0951. The van der Waals surface area contributed by atoms with E-state index in [-0.39, 0.29) is 18.8 Å². The quantitative estimate of drug-likeness (QED) is 0.709. The molecule has 1 saturated heterocycles. The van der Waals surface area contributed by atoms with Crippen LogP contribution in [-0.4, -0.2) is 48.5 Å². The lowest BCUT2D eigenvalue weighted by Gasteiger charge is -2.36. The molecule has 0 amide bonds. The molecule has 0 aromatic carbocycles. The fourth-order valence-electron chi connectivity index (χ4n) is 1.81. The second-order valence-electron chi connectivity index (χ2n) is 3.86. The van der Waals surface area contributed by atoms with Crippen LogP contribution >= 0.6 is 0 Å². The zero-order valence-corrected chi connectivity index (χ0v) is 8.70. The molecule has 1 N–H and O–H groups in total. The number of morpholine rings is 1. The van der Waals surface area contributed by atoms with E-state index < -0.39 is 0 Å². The predicted molar refractivity (Wildman–Crippen MR) is 52.8 cm³/mol. The number of hydrogen-bond donors (Lipinski definition) is 1. The van der Waals surface area contributed by atoms with Gasteiger partial charge in [0.2, 0.25) is 0 Å². The molecule has 3 nitrogen and oxygen atoms in total. The number of nitrogens with zero attached hydrogens (tertiary/aromatic N) is 1. The number of hydrogen-bond acceptors (Lipinski definition) is 3. The summed E-state index contributed by atoms with van der Waals surface area (Å²) in [6.45, 7) is 7.46. The molecule has 1 heterocycles. The van der Waals surface area contributed by atoms with Crippen LogP contribution < -0.4 is 0 Å². The highest BCUT2D eigenvalue weighted by Gasteiger charge is 2.23. The summed E-state index contributed by atoms with van der Waals surface area (Å²) >= 11 is 0. The fraction of sp³-hybridized carbons (Fsp3) is 1.00. The van der Waals surface area contributed by atoms with E-state index in [2.05, 4.69) is 18.7 Å². The zero-order chi connectivity index (χ0) is 9.68. The SMILES string of the molecule is CCCCN1CC(C)OC(CO)C1. The summed E-state index contributed by atoms with van der Waals surface area (Å²) in [6, 6.07) is 0. The van der Waals surface area contributed by atoms with Gasteiger partial charge in [-0.05, 0) is 19.9 Å². The van der Waals surface area contributed by atoms with Crippen LogP contribution in [0.4, 0.5) is 0 Å². The topological polar surface area (TPSA) is 32.7 Å². The Labute approximate surface area is 80.7 Å². The molecule has 3 heteroatoms. The third kappa shape index (κ3) is 3.63. The van der Waals surface area contributed by atoms with Gasteiger partial charge in [-0.1, -0.05) is 13.3 Å². The number of aliphatic hydroxyl groups excluding tert-OH is 1. The van der Waals surface area contributed by atoms with Crippen LogP contribution in [0.5, 0.6) is 0 Å². The molecule has 78 valence electrons.